The molecule has 21 heavy (non-hydrogen) atoms. The van der Waals surface area contributed by atoms with Crippen molar-refractivity contribution >= 4 is 11.6 Å². The van der Waals surface area contributed by atoms with Crippen LogP contribution < -0.4 is 9.47 Å². The Morgan fingerprint density at radius 3 is 2.48 bits per heavy atom. The normalized spacial score (nSPS) is 17.2. The molecule has 0 radical (unpaired) electrons. The molecule has 0 saturated carbocycles. The highest BCUT2D eigenvalue weighted by Gasteiger charge is 2.23. The van der Waals surface area contributed by atoms with Crippen molar-refractivity contribution in [2.45, 2.75) is 25.2 Å². The van der Waals surface area contributed by atoms with Crippen LogP contribution in [0.1, 0.15) is 35.4 Å². The summed E-state index contributed by atoms with van der Waals surface area (Å²) in [6.07, 6.45) is 3.44. The van der Waals surface area contributed by atoms with Crippen LogP contribution >= 0.6 is 11.6 Å². The number of benzene rings is 2. The van der Waals surface area contributed by atoms with E-state index < -0.39 is 0 Å². The number of halogens is 1. The highest BCUT2D eigenvalue weighted by molar-refractivity contribution is 6.32. The minimum absolute atomic E-state index is 0.406. The maximum atomic E-state index is 6.32. The maximum Gasteiger partial charge on any atom is 0.137 e. The van der Waals surface area contributed by atoms with Gasteiger partial charge < -0.3 is 9.47 Å². The van der Waals surface area contributed by atoms with E-state index in [0.29, 0.717) is 10.9 Å². The first-order valence-corrected chi connectivity index (χ1v) is 7.61. The van der Waals surface area contributed by atoms with Crippen molar-refractivity contribution in [1.82, 2.24) is 0 Å². The van der Waals surface area contributed by atoms with Crippen molar-refractivity contribution in [1.29, 1.82) is 0 Å². The molecule has 0 spiro atoms. The van der Waals surface area contributed by atoms with Gasteiger partial charge >= 0.3 is 0 Å². The monoisotopic (exact) mass is 302 g/mol. The molecule has 2 aromatic carbocycles. The molecule has 3 rings (SSSR count). The Morgan fingerprint density at radius 2 is 1.81 bits per heavy atom. The largest absolute Gasteiger partial charge is 0.497 e. The van der Waals surface area contributed by atoms with E-state index in [0.717, 1.165) is 24.3 Å². The third kappa shape index (κ3) is 2.73. The van der Waals surface area contributed by atoms with E-state index in [-0.39, 0.29) is 0 Å². The van der Waals surface area contributed by atoms with Crippen LogP contribution in [0.3, 0.4) is 0 Å². The number of fused-ring (bicyclic) bond motifs is 1. The zero-order chi connectivity index (χ0) is 14.8. The lowest BCUT2D eigenvalue weighted by molar-refractivity contribution is 0.413. The van der Waals surface area contributed by atoms with Gasteiger partial charge in [-0.15, -0.1) is 0 Å². The average molecular weight is 303 g/mol. The summed E-state index contributed by atoms with van der Waals surface area (Å²) in [6.45, 7) is 0. The smallest absolute Gasteiger partial charge is 0.137 e. The zero-order valence-corrected chi connectivity index (χ0v) is 13.1. The standard InChI is InChI=1S/C18H19ClO2/c1-20-14-8-6-12(7-9-14)15-5-3-4-13-10-18(21-2)17(19)11-16(13)15/h6-11,15H,3-5H2,1-2H3. The second kappa shape index (κ2) is 5.98. The quantitative estimate of drug-likeness (QED) is 0.809. The number of hydrogen-bond acceptors (Lipinski definition) is 2. The van der Waals surface area contributed by atoms with E-state index in [1.807, 2.05) is 12.1 Å². The van der Waals surface area contributed by atoms with Crippen LogP contribution in [0.2, 0.25) is 5.02 Å². The highest BCUT2D eigenvalue weighted by atomic mass is 35.5. The van der Waals surface area contributed by atoms with E-state index in [1.54, 1.807) is 14.2 Å². The first-order valence-electron chi connectivity index (χ1n) is 7.23. The summed E-state index contributed by atoms with van der Waals surface area (Å²) >= 11 is 6.32. The third-order valence-corrected chi connectivity index (χ3v) is 4.54. The van der Waals surface area contributed by atoms with Crippen molar-refractivity contribution in [2.24, 2.45) is 0 Å². The van der Waals surface area contributed by atoms with E-state index >= 15 is 0 Å². The molecule has 1 aliphatic rings. The van der Waals surface area contributed by atoms with Crippen LogP contribution in [-0.2, 0) is 6.42 Å². The molecule has 0 aliphatic heterocycles. The summed E-state index contributed by atoms with van der Waals surface area (Å²) in [5, 5.41) is 0.691. The van der Waals surface area contributed by atoms with Gasteiger partial charge in [-0.3, -0.25) is 0 Å². The van der Waals surface area contributed by atoms with Gasteiger partial charge in [0, 0.05) is 5.92 Å². The summed E-state index contributed by atoms with van der Waals surface area (Å²) in [5.74, 6) is 2.07. The molecule has 0 saturated heterocycles. The molecule has 0 N–H and O–H groups in total. The van der Waals surface area contributed by atoms with Gasteiger partial charge in [-0.25, -0.2) is 0 Å². The Bertz CT molecular complexity index is 634. The molecule has 110 valence electrons. The summed E-state index contributed by atoms with van der Waals surface area (Å²) in [6, 6.07) is 12.5. The predicted octanol–water partition coefficient (Wildman–Crippen LogP) is 4.83. The van der Waals surface area contributed by atoms with Crippen molar-refractivity contribution < 1.29 is 9.47 Å². The van der Waals surface area contributed by atoms with Gasteiger partial charge in [-0.1, -0.05) is 23.7 Å². The van der Waals surface area contributed by atoms with Gasteiger partial charge in [0.1, 0.15) is 11.5 Å². The van der Waals surface area contributed by atoms with Crippen molar-refractivity contribution in [3.63, 3.8) is 0 Å². The summed E-state index contributed by atoms with van der Waals surface area (Å²) < 4.78 is 10.6. The number of ether oxygens (including phenoxy) is 2. The Labute approximate surface area is 130 Å². The van der Waals surface area contributed by atoms with E-state index in [2.05, 4.69) is 24.3 Å². The molecular formula is C18H19ClO2. The second-order valence-corrected chi connectivity index (χ2v) is 5.81. The molecule has 0 heterocycles. The minimum Gasteiger partial charge on any atom is -0.497 e. The van der Waals surface area contributed by atoms with Gasteiger partial charge in [0.25, 0.3) is 0 Å². The van der Waals surface area contributed by atoms with Crippen LogP contribution in [0, 0.1) is 0 Å². The molecule has 3 heteroatoms. The number of methoxy groups -OCH3 is 2. The van der Waals surface area contributed by atoms with E-state index in [4.69, 9.17) is 21.1 Å². The molecule has 0 bridgehead atoms. The Morgan fingerprint density at radius 1 is 1.05 bits per heavy atom. The van der Waals surface area contributed by atoms with Crippen LogP contribution in [0.25, 0.3) is 0 Å². The molecule has 0 aromatic heterocycles. The molecule has 0 fully saturated rings. The van der Waals surface area contributed by atoms with Gasteiger partial charge in [0.15, 0.2) is 0 Å². The fourth-order valence-electron chi connectivity index (χ4n) is 3.14. The van der Waals surface area contributed by atoms with Crippen molar-refractivity contribution in [3.05, 3.63) is 58.1 Å². The van der Waals surface area contributed by atoms with Crippen LogP contribution in [0.5, 0.6) is 11.5 Å². The number of rotatable bonds is 3. The lowest BCUT2D eigenvalue weighted by atomic mass is 9.79. The fraction of sp³-hybridized carbons (Fsp3) is 0.333. The lowest BCUT2D eigenvalue weighted by Crippen LogP contribution is -2.11. The number of hydrogen-bond donors (Lipinski definition) is 0. The average Bonchev–Trinajstić information content (AvgIpc) is 2.54. The SMILES string of the molecule is COc1ccc(C2CCCc3cc(OC)c(Cl)cc32)cc1. The minimum atomic E-state index is 0.406. The number of aryl methyl sites for hydroxylation is 1. The Kier molecular flexibility index (Phi) is 4.07. The first-order chi connectivity index (χ1) is 10.2. The van der Waals surface area contributed by atoms with Gasteiger partial charge in [0.05, 0.1) is 19.2 Å². The molecule has 2 nitrogen and oxygen atoms in total. The van der Waals surface area contributed by atoms with Crippen molar-refractivity contribution in [2.75, 3.05) is 14.2 Å². The topological polar surface area (TPSA) is 18.5 Å². The van der Waals surface area contributed by atoms with E-state index in [9.17, 15) is 0 Å². The molecule has 1 aliphatic carbocycles. The fourth-order valence-corrected chi connectivity index (χ4v) is 3.39. The Hall–Kier alpha value is -1.67. The summed E-state index contributed by atoms with van der Waals surface area (Å²) in [7, 11) is 3.36. The Balaban J connectivity index is 2.01. The van der Waals surface area contributed by atoms with Crippen LogP contribution in [0.4, 0.5) is 0 Å². The highest BCUT2D eigenvalue weighted by Crippen LogP contribution is 2.41. The molecule has 0 amide bonds. The summed E-state index contributed by atoms with van der Waals surface area (Å²) in [5.41, 5.74) is 4.00. The predicted molar refractivity (Wildman–Crippen MR) is 85.8 cm³/mol. The third-order valence-electron chi connectivity index (χ3n) is 4.25. The van der Waals surface area contributed by atoms with Gasteiger partial charge in [0.2, 0.25) is 0 Å². The van der Waals surface area contributed by atoms with Gasteiger partial charge in [-0.2, -0.15) is 0 Å². The van der Waals surface area contributed by atoms with Crippen LogP contribution in [-0.4, -0.2) is 14.2 Å². The molecule has 2 aromatic rings. The second-order valence-electron chi connectivity index (χ2n) is 5.40. The van der Waals surface area contributed by atoms with Gasteiger partial charge in [-0.05, 0) is 60.2 Å². The zero-order valence-electron chi connectivity index (χ0n) is 12.4. The molecule has 1 atom stereocenters. The lowest BCUT2D eigenvalue weighted by Gasteiger charge is -2.27. The first kappa shape index (κ1) is 14.3. The molecular weight excluding hydrogens is 284 g/mol. The van der Waals surface area contributed by atoms with Crippen LogP contribution in [0.15, 0.2) is 36.4 Å². The molecule has 1 unspecified atom stereocenters. The maximum absolute atomic E-state index is 6.32. The van der Waals surface area contributed by atoms with Crippen molar-refractivity contribution in [3.8, 4) is 11.5 Å². The van der Waals surface area contributed by atoms with E-state index in [1.165, 1.54) is 23.1 Å². The summed E-state index contributed by atoms with van der Waals surface area (Å²) in [4.78, 5) is 0.